The molecule has 0 aliphatic rings. The molecule has 0 amide bonds. The van der Waals surface area contributed by atoms with E-state index >= 15 is 0 Å². The van der Waals surface area contributed by atoms with E-state index in [1.165, 1.54) is 0 Å². The third-order valence-corrected chi connectivity index (χ3v) is 1.77. The van der Waals surface area contributed by atoms with E-state index in [0.29, 0.717) is 18.0 Å². The number of rotatable bonds is 4. The smallest absolute Gasteiger partial charge is 0.122 e. The molecule has 0 saturated heterocycles. The molecule has 4 nitrogen and oxygen atoms in total. The fourth-order valence-corrected chi connectivity index (χ4v) is 1.11. The summed E-state index contributed by atoms with van der Waals surface area (Å²) >= 11 is 0. The van der Waals surface area contributed by atoms with Crippen molar-refractivity contribution in [1.82, 2.24) is 0 Å². The summed E-state index contributed by atoms with van der Waals surface area (Å²) in [5.74, 6) is 0.707. The zero-order chi connectivity index (χ0) is 10.6. The van der Waals surface area contributed by atoms with Crippen molar-refractivity contribution >= 4 is 11.4 Å². The molecule has 0 spiro atoms. The highest BCUT2D eigenvalue weighted by Crippen LogP contribution is 2.21. The summed E-state index contributed by atoms with van der Waals surface area (Å²) in [4.78, 5) is 0. The molecule has 0 saturated carbocycles. The highest BCUT2D eigenvalue weighted by molar-refractivity contribution is 5.59. The number of hydrogen-bond acceptors (Lipinski definition) is 4. The average Bonchev–Trinajstić information content (AvgIpc) is 2.14. The molecule has 0 aromatic heterocycles. The van der Waals surface area contributed by atoms with Crippen LogP contribution in [0.2, 0.25) is 0 Å². The van der Waals surface area contributed by atoms with E-state index in [1.807, 2.05) is 6.07 Å². The van der Waals surface area contributed by atoms with Gasteiger partial charge in [-0.25, -0.2) is 0 Å². The monoisotopic (exact) mass is 196 g/mol. The van der Waals surface area contributed by atoms with Gasteiger partial charge in [0.05, 0.1) is 13.2 Å². The Morgan fingerprint density at radius 2 is 2.21 bits per heavy atom. The van der Waals surface area contributed by atoms with E-state index in [2.05, 4.69) is 5.32 Å². The van der Waals surface area contributed by atoms with Crippen molar-refractivity contribution in [2.24, 2.45) is 0 Å². The summed E-state index contributed by atoms with van der Waals surface area (Å²) in [6.07, 6.45) is -0.387. The van der Waals surface area contributed by atoms with Crippen LogP contribution in [0, 0.1) is 0 Å². The van der Waals surface area contributed by atoms with Crippen LogP contribution in [-0.4, -0.2) is 24.9 Å². The molecule has 0 aliphatic heterocycles. The van der Waals surface area contributed by atoms with Crippen LogP contribution < -0.4 is 15.8 Å². The van der Waals surface area contributed by atoms with Crippen LogP contribution in [0.15, 0.2) is 18.2 Å². The van der Waals surface area contributed by atoms with Crippen molar-refractivity contribution in [3.8, 4) is 5.75 Å². The molecule has 0 heterocycles. The Labute approximate surface area is 83.7 Å². The van der Waals surface area contributed by atoms with Gasteiger partial charge in [0.2, 0.25) is 0 Å². The minimum Gasteiger partial charge on any atom is -0.497 e. The zero-order valence-corrected chi connectivity index (χ0v) is 8.45. The van der Waals surface area contributed by atoms with Crippen molar-refractivity contribution in [3.05, 3.63) is 18.2 Å². The molecule has 4 N–H and O–H groups in total. The lowest BCUT2D eigenvalue weighted by molar-refractivity contribution is 0.208. The second kappa shape index (κ2) is 4.72. The van der Waals surface area contributed by atoms with Crippen LogP contribution in [0.4, 0.5) is 11.4 Å². The van der Waals surface area contributed by atoms with Crippen molar-refractivity contribution in [2.45, 2.75) is 13.0 Å². The number of benzene rings is 1. The fourth-order valence-electron chi connectivity index (χ4n) is 1.11. The Bertz CT molecular complexity index is 300. The molecule has 1 unspecified atom stereocenters. The molecule has 1 aromatic rings. The molecule has 78 valence electrons. The number of methoxy groups -OCH3 is 1. The van der Waals surface area contributed by atoms with E-state index in [4.69, 9.17) is 15.6 Å². The lowest BCUT2D eigenvalue weighted by Gasteiger charge is -2.10. The highest BCUT2D eigenvalue weighted by Gasteiger charge is 2.00. The number of anilines is 2. The SMILES string of the molecule is COc1cc(N)cc(NCC(C)O)c1. The number of ether oxygens (including phenoxy) is 1. The van der Waals surface area contributed by atoms with Gasteiger partial charge in [0.1, 0.15) is 5.75 Å². The molecule has 1 atom stereocenters. The second-order valence-corrected chi connectivity index (χ2v) is 3.22. The predicted octanol–water partition coefficient (Wildman–Crippen LogP) is 1.07. The van der Waals surface area contributed by atoms with Crippen LogP contribution in [0.3, 0.4) is 0 Å². The van der Waals surface area contributed by atoms with E-state index in [9.17, 15) is 0 Å². The maximum absolute atomic E-state index is 9.08. The topological polar surface area (TPSA) is 67.5 Å². The Hall–Kier alpha value is -1.42. The minimum atomic E-state index is -0.387. The van der Waals surface area contributed by atoms with Crippen molar-refractivity contribution in [3.63, 3.8) is 0 Å². The lowest BCUT2D eigenvalue weighted by atomic mass is 10.2. The van der Waals surface area contributed by atoms with Crippen LogP contribution in [-0.2, 0) is 0 Å². The summed E-state index contributed by atoms with van der Waals surface area (Å²) in [6.45, 7) is 2.21. The Morgan fingerprint density at radius 1 is 1.50 bits per heavy atom. The van der Waals surface area contributed by atoms with Gasteiger partial charge in [-0.05, 0) is 13.0 Å². The van der Waals surface area contributed by atoms with Gasteiger partial charge in [-0.15, -0.1) is 0 Å². The van der Waals surface area contributed by atoms with Crippen molar-refractivity contribution in [2.75, 3.05) is 24.7 Å². The molecule has 0 aliphatic carbocycles. The van der Waals surface area contributed by atoms with Crippen molar-refractivity contribution in [1.29, 1.82) is 0 Å². The van der Waals surface area contributed by atoms with Gasteiger partial charge >= 0.3 is 0 Å². The van der Waals surface area contributed by atoms with Crippen LogP contribution in [0.5, 0.6) is 5.75 Å². The first-order chi connectivity index (χ1) is 6.61. The van der Waals surface area contributed by atoms with Gasteiger partial charge in [-0.1, -0.05) is 0 Å². The number of aliphatic hydroxyl groups is 1. The largest absolute Gasteiger partial charge is 0.497 e. The maximum Gasteiger partial charge on any atom is 0.122 e. The summed E-state index contributed by atoms with van der Waals surface area (Å²) in [5, 5.41) is 12.1. The molecule has 0 radical (unpaired) electrons. The van der Waals surface area contributed by atoms with E-state index in [-0.39, 0.29) is 6.10 Å². The van der Waals surface area contributed by atoms with E-state index < -0.39 is 0 Å². The second-order valence-electron chi connectivity index (χ2n) is 3.22. The molecule has 0 fully saturated rings. The predicted molar refractivity (Wildman–Crippen MR) is 57.6 cm³/mol. The standard InChI is InChI=1S/C10H16N2O2/c1-7(13)6-12-9-3-8(11)4-10(5-9)14-2/h3-5,7,12-13H,6,11H2,1-2H3. The van der Waals surface area contributed by atoms with Gasteiger partial charge < -0.3 is 20.9 Å². The van der Waals surface area contributed by atoms with Crippen LogP contribution >= 0.6 is 0 Å². The first-order valence-electron chi connectivity index (χ1n) is 4.48. The third-order valence-electron chi connectivity index (χ3n) is 1.77. The molecular formula is C10H16N2O2. The number of nitrogen functional groups attached to an aromatic ring is 1. The Balaban J connectivity index is 2.71. The third kappa shape index (κ3) is 3.14. The van der Waals surface area contributed by atoms with Crippen molar-refractivity contribution < 1.29 is 9.84 Å². The summed E-state index contributed by atoms with van der Waals surface area (Å²) in [6, 6.07) is 5.37. The van der Waals surface area contributed by atoms with Gasteiger partial charge in [-0.2, -0.15) is 0 Å². The molecule has 1 rings (SSSR count). The van der Waals surface area contributed by atoms with Gasteiger partial charge in [-0.3, -0.25) is 0 Å². The van der Waals surface area contributed by atoms with Gasteiger partial charge in [0.25, 0.3) is 0 Å². The number of aliphatic hydroxyl groups excluding tert-OH is 1. The molecule has 4 heteroatoms. The Morgan fingerprint density at radius 3 is 2.79 bits per heavy atom. The molecular weight excluding hydrogens is 180 g/mol. The maximum atomic E-state index is 9.08. The summed E-state index contributed by atoms with van der Waals surface area (Å²) < 4.78 is 5.06. The highest BCUT2D eigenvalue weighted by atomic mass is 16.5. The van der Waals surface area contributed by atoms with Crippen LogP contribution in [0.25, 0.3) is 0 Å². The summed E-state index contributed by atoms with van der Waals surface area (Å²) in [7, 11) is 1.59. The summed E-state index contributed by atoms with van der Waals surface area (Å²) in [5.41, 5.74) is 7.15. The fraction of sp³-hybridized carbons (Fsp3) is 0.400. The van der Waals surface area contributed by atoms with E-state index in [0.717, 1.165) is 5.69 Å². The lowest BCUT2D eigenvalue weighted by Crippen LogP contribution is -2.15. The number of nitrogens with one attached hydrogen (secondary N) is 1. The average molecular weight is 196 g/mol. The molecule has 1 aromatic carbocycles. The number of nitrogens with two attached hydrogens (primary N) is 1. The zero-order valence-electron chi connectivity index (χ0n) is 8.45. The Kier molecular flexibility index (Phi) is 3.59. The quantitative estimate of drug-likeness (QED) is 0.630. The van der Waals surface area contributed by atoms with Gasteiger partial charge in [0.15, 0.2) is 0 Å². The first-order valence-corrected chi connectivity index (χ1v) is 4.48. The number of hydrogen-bond donors (Lipinski definition) is 3. The van der Waals surface area contributed by atoms with E-state index in [1.54, 1.807) is 26.2 Å². The van der Waals surface area contributed by atoms with Gasteiger partial charge in [0, 0.05) is 30.1 Å². The normalized spacial score (nSPS) is 12.2. The molecule has 0 bridgehead atoms. The van der Waals surface area contributed by atoms with Crippen LogP contribution in [0.1, 0.15) is 6.92 Å². The molecule has 14 heavy (non-hydrogen) atoms. The first kappa shape index (κ1) is 10.7. The minimum absolute atomic E-state index is 0.387.